The van der Waals surface area contributed by atoms with E-state index in [-0.39, 0.29) is 12.1 Å². The summed E-state index contributed by atoms with van der Waals surface area (Å²) in [5, 5.41) is 0. The highest BCUT2D eigenvalue weighted by atomic mass is 16.5. The molecule has 1 fully saturated rings. The van der Waals surface area contributed by atoms with Gasteiger partial charge in [-0.05, 0) is 37.8 Å². The number of hydrogen-bond acceptors (Lipinski definition) is 2. The lowest BCUT2D eigenvalue weighted by molar-refractivity contribution is -0.0205. The molecule has 2 unspecified atom stereocenters. The van der Waals surface area contributed by atoms with Crippen LogP contribution in [0.2, 0.25) is 0 Å². The fourth-order valence-electron chi connectivity index (χ4n) is 2.62. The summed E-state index contributed by atoms with van der Waals surface area (Å²) in [7, 11) is 0. The van der Waals surface area contributed by atoms with Crippen LogP contribution in [0.25, 0.3) is 0 Å². The smallest absolute Gasteiger partial charge is 0.0979 e. The van der Waals surface area contributed by atoms with Crippen LogP contribution in [0.15, 0.2) is 24.3 Å². The maximum Gasteiger partial charge on any atom is 0.0979 e. The van der Waals surface area contributed by atoms with E-state index in [1.807, 2.05) is 6.92 Å². The van der Waals surface area contributed by atoms with Crippen LogP contribution in [0, 0.1) is 6.92 Å². The second kappa shape index (κ2) is 5.65. The van der Waals surface area contributed by atoms with Crippen LogP contribution < -0.4 is 5.73 Å². The number of benzene rings is 1. The third kappa shape index (κ3) is 3.08. The van der Waals surface area contributed by atoms with E-state index in [1.54, 1.807) is 0 Å². The molecule has 0 spiro atoms. The van der Waals surface area contributed by atoms with Crippen LogP contribution in [0.4, 0.5) is 0 Å². The van der Waals surface area contributed by atoms with Gasteiger partial charge in [-0.25, -0.2) is 0 Å². The summed E-state index contributed by atoms with van der Waals surface area (Å²) in [5.41, 5.74) is 8.61. The van der Waals surface area contributed by atoms with Gasteiger partial charge in [0.15, 0.2) is 0 Å². The quantitative estimate of drug-likeness (QED) is 0.865. The van der Waals surface area contributed by atoms with E-state index in [0.717, 1.165) is 0 Å². The fourth-order valence-corrected chi connectivity index (χ4v) is 2.62. The molecule has 2 nitrogen and oxygen atoms in total. The monoisotopic (exact) mass is 233 g/mol. The molecular weight excluding hydrogens is 210 g/mol. The van der Waals surface area contributed by atoms with Crippen LogP contribution in [-0.2, 0) is 4.74 Å². The molecule has 1 saturated carbocycles. The fraction of sp³-hybridized carbons (Fsp3) is 0.600. The minimum atomic E-state index is 0.0386. The maximum atomic E-state index is 6.21. The lowest BCUT2D eigenvalue weighted by Crippen LogP contribution is -2.30. The second-order valence-electron chi connectivity index (χ2n) is 5.18. The molecule has 1 aromatic rings. The highest BCUT2D eigenvalue weighted by Crippen LogP contribution is 2.30. The van der Waals surface area contributed by atoms with E-state index >= 15 is 0 Å². The summed E-state index contributed by atoms with van der Waals surface area (Å²) in [6.07, 6.45) is 5.42. The average Bonchev–Trinajstić information content (AvgIpc) is 2.79. The molecule has 1 aliphatic rings. The zero-order valence-electron chi connectivity index (χ0n) is 10.9. The lowest BCUT2D eigenvalue weighted by atomic mass is 9.99. The zero-order valence-corrected chi connectivity index (χ0v) is 10.9. The largest absolute Gasteiger partial charge is 0.369 e. The van der Waals surface area contributed by atoms with Gasteiger partial charge in [0.1, 0.15) is 0 Å². The molecule has 0 amide bonds. The van der Waals surface area contributed by atoms with Crippen LogP contribution in [-0.4, -0.2) is 12.1 Å². The van der Waals surface area contributed by atoms with E-state index < -0.39 is 0 Å². The van der Waals surface area contributed by atoms with Gasteiger partial charge in [-0.15, -0.1) is 0 Å². The summed E-state index contributed by atoms with van der Waals surface area (Å²) in [5.74, 6) is 0. The number of hydrogen-bond donors (Lipinski definition) is 1. The number of aryl methyl sites for hydroxylation is 1. The highest BCUT2D eigenvalue weighted by molar-refractivity contribution is 5.28. The van der Waals surface area contributed by atoms with Crippen molar-refractivity contribution in [1.82, 2.24) is 0 Å². The normalized spacial score (nSPS) is 20.4. The third-order valence-electron chi connectivity index (χ3n) is 3.61. The van der Waals surface area contributed by atoms with Gasteiger partial charge in [-0.1, -0.05) is 37.1 Å². The van der Waals surface area contributed by atoms with Crippen molar-refractivity contribution in [2.24, 2.45) is 5.73 Å². The van der Waals surface area contributed by atoms with Crippen molar-refractivity contribution in [3.8, 4) is 0 Å². The summed E-state index contributed by atoms with van der Waals surface area (Å²) in [6, 6.07) is 8.43. The highest BCUT2D eigenvalue weighted by Gasteiger charge is 2.24. The van der Waals surface area contributed by atoms with Gasteiger partial charge >= 0.3 is 0 Å². The van der Waals surface area contributed by atoms with Crippen molar-refractivity contribution in [3.63, 3.8) is 0 Å². The van der Waals surface area contributed by atoms with Crippen molar-refractivity contribution in [2.75, 3.05) is 0 Å². The minimum absolute atomic E-state index is 0.0386. The Kier molecular flexibility index (Phi) is 4.19. The van der Waals surface area contributed by atoms with Crippen LogP contribution in [0.5, 0.6) is 0 Å². The Morgan fingerprint density at radius 3 is 2.47 bits per heavy atom. The zero-order chi connectivity index (χ0) is 12.3. The molecule has 2 atom stereocenters. The molecular formula is C15H23NO. The first kappa shape index (κ1) is 12.6. The Morgan fingerprint density at radius 1 is 1.24 bits per heavy atom. The molecule has 1 aliphatic carbocycles. The molecule has 2 heteroatoms. The molecule has 2 rings (SSSR count). The predicted molar refractivity (Wildman–Crippen MR) is 70.9 cm³/mol. The Balaban J connectivity index is 2.14. The Morgan fingerprint density at radius 2 is 1.88 bits per heavy atom. The molecule has 0 heterocycles. The SMILES string of the molecule is Cc1ccccc1C(OC1CCCC1)C(C)N. The summed E-state index contributed by atoms with van der Waals surface area (Å²) in [6.45, 7) is 4.16. The molecule has 94 valence electrons. The Hall–Kier alpha value is -0.860. The molecule has 2 N–H and O–H groups in total. The average molecular weight is 233 g/mol. The van der Waals surface area contributed by atoms with Crippen LogP contribution in [0.1, 0.15) is 49.8 Å². The number of nitrogens with two attached hydrogens (primary N) is 1. The number of rotatable bonds is 4. The molecule has 0 aliphatic heterocycles. The topological polar surface area (TPSA) is 35.2 Å². The summed E-state index contributed by atoms with van der Waals surface area (Å²) in [4.78, 5) is 0. The van der Waals surface area contributed by atoms with Crippen molar-refractivity contribution in [3.05, 3.63) is 35.4 Å². The third-order valence-corrected chi connectivity index (χ3v) is 3.61. The Labute approximate surface area is 104 Å². The standard InChI is InChI=1S/C15H23NO/c1-11-7-3-6-10-14(11)15(12(2)16)17-13-8-4-5-9-13/h3,6-7,10,12-13,15H,4-5,8-9,16H2,1-2H3. The van der Waals surface area contributed by atoms with Crippen LogP contribution in [0.3, 0.4) is 0 Å². The first-order valence-corrected chi connectivity index (χ1v) is 6.65. The van der Waals surface area contributed by atoms with E-state index in [1.165, 1.54) is 36.8 Å². The van der Waals surface area contributed by atoms with E-state index in [9.17, 15) is 0 Å². The van der Waals surface area contributed by atoms with Gasteiger partial charge in [0, 0.05) is 6.04 Å². The molecule has 0 bridgehead atoms. The van der Waals surface area contributed by atoms with E-state index in [0.29, 0.717) is 6.10 Å². The van der Waals surface area contributed by atoms with Gasteiger partial charge in [0.25, 0.3) is 0 Å². The van der Waals surface area contributed by atoms with Crippen molar-refractivity contribution < 1.29 is 4.74 Å². The van der Waals surface area contributed by atoms with Crippen molar-refractivity contribution in [1.29, 1.82) is 0 Å². The molecule has 0 saturated heterocycles. The first-order valence-electron chi connectivity index (χ1n) is 6.65. The molecule has 1 aromatic carbocycles. The van der Waals surface area contributed by atoms with Gasteiger partial charge < -0.3 is 10.5 Å². The van der Waals surface area contributed by atoms with Crippen LogP contribution >= 0.6 is 0 Å². The van der Waals surface area contributed by atoms with Crippen molar-refractivity contribution in [2.45, 2.75) is 57.8 Å². The minimum Gasteiger partial charge on any atom is -0.369 e. The van der Waals surface area contributed by atoms with Gasteiger partial charge in [0.05, 0.1) is 12.2 Å². The Bertz CT molecular complexity index is 356. The molecule has 0 radical (unpaired) electrons. The maximum absolute atomic E-state index is 6.21. The molecule has 17 heavy (non-hydrogen) atoms. The second-order valence-corrected chi connectivity index (χ2v) is 5.18. The van der Waals surface area contributed by atoms with E-state index in [2.05, 4.69) is 31.2 Å². The first-order chi connectivity index (χ1) is 8.18. The van der Waals surface area contributed by atoms with Gasteiger partial charge in [-0.3, -0.25) is 0 Å². The van der Waals surface area contributed by atoms with Gasteiger partial charge in [-0.2, -0.15) is 0 Å². The summed E-state index contributed by atoms with van der Waals surface area (Å²) >= 11 is 0. The number of ether oxygens (including phenoxy) is 1. The lowest BCUT2D eigenvalue weighted by Gasteiger charge is -2.26. The molecule has 0 aromatic heterocycles. The predicted octanol–water partition coefficient (Wildman–Crippen LogP) is 3.34. The summed E-state index contributed by atoms with van der Waals surface area (Å²) < 4.78 is 6.21. The van der Waals surface area contributed by atoms with Gasteiger partial charge in [0.2, 0.25) is 0 Å². The van der Waals surface area contributed by atoms with E-state index in [4.69, 9.17) is 10.5 Å². The van der Waals surface area contributed by atoms with Crippen molar-refractivity contribution >= 4 is 0 Å².